The molecule has 0 fully saturated rings. The van der Waals surface area contributed by atoms with Crippen LogP contribution in [0.3, 0.4) is 0 Å². The predicted octanol–water partition coefficient (Wildman–Crippen LogP) is 3.25. The highest BCUT2D eigenvalue weighted by Crippen LogP contribution is 2.36. The van der Waals surface area contributed by atoms with E-state index in [2.05, 4.69) is 24.2 Å². The van der Waals surface area contributed by atoms with E-state index in [0.29, 0.717) is 11.6 Å². The third-order valence-corrected chi connectivity index (χ3v) is 4.05. The van der Waals surface area contributed by atoms with Gasteiger partial charge in [-0.1, -0.05) is 24.2 Å². The first kappa shape index (κ1) is 12.5. The molecule has 0 saturated carbocycles. The standard InChI is InChI=1S/C16H15N3O/c1-10-7-15(18-20)13-5-3-11(8-14(10)13)16-6-4-12(9-17)19(16)2/h3-6,8,10,20H,7H2,1-2H3. The van der Waals surface area contributed by atoms with E-state index in [4.69, 9.17) is 10.5 Å². The van der Waals surface area contributed by atoms with E-state index in [1.54, 1.807) is 0 Å². The summed E-state index contributed by atoms with van der Waals surface area (Å²) in [6, 6.07) is 12.1. The van der Waals surface area contributed by atoms with Crippen molar-refractivity contribution in [1.29, 1.82) is 5.26 Å². The van der Waals surface area contributed by atoms with E-state index in [-0.39, 0.29) is 0 Å². The number of benzene rings is 1. The third kappa shape index (κ3) is 1.71. The maximum absolute atomic E-state index is 9.04. The minimum atomic E-state index is 0.353. The molecule has 1 aliphatic rings. The zero-order chi connectivity index (χ0) is 14.3. The van der Waals surface area contributed by atoms with Crippen LogP contribution in [0, 0.1) is 11.3 Å². The fourth-order valence-corrected chi connectivity index (χ4v) is 2.91. The second-order valence-corrected chi connectivity index (χ2v) is 5.23. The zero-order valence-electron chi connectivity index (χ0n) is 11.5. The van der Waals surface area contributed by atoms with Crippen LogP contribution >= 0.6 is 0 Å². The summed E-state index contributed by atoms with van der Waals surface area (Å²) in [5, 5.41) is 21.5. The predicted molar refractivity (Wildman–Crippen MR) is 76.9 cm³/mol. The number of hydrogen-bond donors (Lipinski definition) is 1. The Kier molecular flexibility index (Phi) is 2.83. The number of oxime groups is 1. The van der Waals surface area contributed by atoms with E-state index >= 15 is 0 Å². The molecule has 1 aliphatic carbocycles. The van der Waals surface area contributed by atoms with Gasteiger partial charge in [-0.2, -0.15) is 5.26 Å². The Morgan fingerprint density at radius 1 is 1.35 bits per heavy atom. The molecular weight excluding hydrogens is 250 g/mol. The highest BCUT2D eigenvalue weighted by molar-refractivity contribution is 6.05. The highest BCUT2D eigenvalue weighted by atomic mass is 16.4. The van der Waals surface area contributed by atoms with Gasteiger partial charge in [0.25, 0.3) is 0 Å². The Hall–Kier alpha value is -2.54. The van der Waals surface area contributed by atoms with Crippen molar-refractivity contribution in [2.75, 3.05) is 0 Å². The number of nitriles is 1. The summed E-state index contributed by atoms with van der Waals surface area (Å²) in [7, 11) is 1.89. The van der Waals surface area contributed by atoms with Gasteiger partial charge in [0, 0.05) is 24.7 Å². The van der Waals surface area contributed by atoms with Crippen molar-refractivity contribution < 1.29 is 5.21 Å². The lowest BCUT2D eigenvalue weighted by Gasteiger charge is -2.09. The second-order valence-electron chi connectivity index (χ2n) is 5.23. The van der Waals surface area contributed by atoms with E-state index in [1.807, 2.05) is 35.9 Å². The van der Waals surface area contributed by atoms with E-state index in [9.17, 15) is 0 Å². The van der Waals surface area contributed by atoms with Gasteiger partial charge in [0.1, 0.15) is 11.8 Å². The molecule has 0 spiro atoms. The molecule has 1 N–H and O–H groups in total. The number of nitrogens with zero attached hydrogens (tertiary/aromatic N) is 3. The van der Waals surface area contributed by atoms with Crippen LogP contribution in [0.15, 0.2) is 35.5 Å². The summed E-state index contributed by atoms with van der Waals surface area (Å²) in [4.78, 5) is 0. The Morgan fingerprint density at radius 2 is 2.15 bits per heavy atom. The second kappa shape index (κ2) is 4.53. The average Bonchev–Trinajstić information content (AvgIpc) is 2.99. The number of hydrogen-bond acceptors (Lipinski definition) is 3. The van der Waals surface area contributed by atoms with Gasteiger partial charge in [-0.05, 0) is 35.2 Å². The molecule has 1 unspecified atom stereocenters. The molecule has 0 radical (unpaired) electrons. The van der Waals surface area contributed by atoms with Crippen LogP contribution in [0.25, 0.3) is 11.3 Å². The topological polar surface area (TPSA) is 61.3 Å². The average molecular weight is 265 g/mol. The first-order chi connectivity index (χ1) is 9.65. The van der Waals surface area contributed by atoms with Crippen molar-refractivity contribution >= 4 is 5.71 Å². The fourth-order valence-electron chi connectivity index (χ4n) is 2.91. The molecular formula is C16H15N3O. The van der Waals surface area contributed by atoms with Gasteiger partial charge in [-0.25, -0.2) is 0 Å². The molecule has 20 heavy (non-hydrogen) atoms. The SMILES string of the molecule is CC1CC(=NO)c2ccc(-c3ccc(C#N)n3C)cc21. The van der Waals surface area contributed by atoms with Crippen LogP contribution in [0.4, 0.5) is 0 Å². The fraction of sp³-hybridized carbons (Fsp3) is 0.250. The van der Waals surface area contributed by atoms with Crippen LogP contribution < -0.4 is 0 Å². The minimum Gasteiger partial charge on any atom is -0.411 e. The molecule has 1 aromatic heterocycles. The third-order valence-electron chi connectivity index (χ3n) is 4.05. The Labute approximate surface area is 117 Å². The molecule has 2 aromatic rings. The normalized spacial score (nSPS) is 19.1. The van der Waals surface area contributed by atoms with E-state index in [0.717, 1.165) is 29.0 Å². The number of fused-ring (bicyclic) bond motifs is 1. The van der Waals surface area contributed by atoms with E-state index in [1.165, 1.54) is 5.56 Å². The highest BCUT2D eigenvalue weighted by Gasteiger charge is 2.25. The lowest BCUT2D eigenvalue weighted by molar-refractivity contribution is 0.318. The molecule has 0 saturated heterocycles. The van der Waals surface area contributed by atoms with Crippen molar-refractivity contribution in [2.24, 2.45) is 12.2 Å². The molecule has 100 valence electrons. The van der Waals surface area contributed by atoms with Gasteiger partial charge < -0.3 is 9.77 Å². The van der Waals surface area contributed by atoms with Crippen molar-refractivity contribution in [3.05, 3.63) is 47.2 Å². The van der Waals surface area contributed by atoms with Gasteiger partial charge >= 0.3 is 0 Å². The van der Waals surface area contributed by atoms with Gasteiger partial charge in [0.15, 0.2) is 0 Å². The van der Waals surface area contributed by atoms with Crippen molar-refractivity contribution in [1.82, 2.24) is 4.57 Å². The molecule has 1 atom stereocenters. The quantitative estimate of drug-likeness (QED) is 0.635. The van der Waals surface area contributed by atoms with Crippen LogP contribution in [0.2, 0.25) is 0 Å². The van der Waals surface area contributed by atoms with Gasteiger partial charge in [0.05, 0.1) is 5.71 Å². The summed E-state index contributed by atoms with van der Waals surface area (Å²) in [5.74, 6) is 0.353. The smallest absolute Gasteiger partial charge is 0.120 e. The first-order valence-electron chi connectivity index (χ1n) is 6.57. The van der Waals surface area contributed by atoms with E-state index < -0.39 is 0 Å². The molecule has 1 heterocycles. The zero-order valence-corrected chi connectivity index (χ0v) is 11.5. The Balaban J connectivity index is 2.12. The molecule has 0 aliphatic heterocycles. The minimum absolute atomic E-state index is 0.353. The van der Waals surface area contributed by atoms with Crippen molar-refractivity contribution in [2.45, 2.75) is 19.3 Å². The summed E-state index contributed by atoms with van der Waals surface area (Å²) in [6.45, 7) is 2.13. The Bertz CT molecular complexity index is 750. The van der Waals surface area contributed by atoms with Crippen LogP contribution in [-0.4, -0.2) is 15.5 Å². The molecule has 4 nitrogen and oxygen atoms in total. The molecule has 1 aromatic carbocycles. The molecule has 4 heteroatoms. The summed E-state index contributed by atoms with van der Waals surface area (Å²) >= 11 is 0. The number of aromatic nitrogens is 1. The van der Waals surface area contributed by atoms with Gasteiger partial charge in [-0.3, -0.25) is 0 Å². The van der Waals surface area contributed by atoms with Crippen molar-refractivity contribution in [3.8, 4) is 17.3 Å². The van der Waals surface area contributed by atoms with Gasteiger partial charge in [0.2, 0.25) is 0 Å². The first-order valence-corrected chi connectivity index (χ1v) is 6.57. The lowest BCUT2D eigenvalue weighted by Crippen LogP contribution is -1.97. The van der Waals surface area contributed by atoms with Crippen LogP contribution in [0.1, 0.15) is 36.1 Å². The molecule has 3 rings (SSSR count). The monoisotopic (exact) mass is 265 g/mol. The Morgan fingerprint density at radius 3 is 2.80 bits per heavy atom. The van der Waals surface area contributed by atoms with Crippen LogP contribution in [-0.2, 0) is 7.05 Å². The lowest BCUT2D eigenvalue weighted by atomic mass is 9.99. The van der Waals surface area contributed by atoms with Gasteiger partial charge in [-0.15, -0.1) is 0 Å². The molecule has 0 bridgehead atoms. The largest absolute Gasteiger partial charge is 0.411 e. The maximum Gasteiger partial charge on any atom is 0.120 e. The molecule has 0 amide bonds. The van der Waals surface area contributed by atoms with Crippen molar-refractivity contribution in [3.63, 3.8) is 0 Å². The number of rotatable bonds is 1. The maximum atomic E-state index is 9.04. The summed E-state index contributed by atoms with van der Waals surface area (Å²) in [6.07, 6.45) is 0.770. The summed E-state index contributed by atoms with van der Waals surface area (Å²) < 4.78 is 1.89. The summed E-state index contributed by atoms with van der Waals surface area (Å²) in [5.41, 5.74) is 5.73. The van der Waals surface area contributed by atoms with Crippen LogP contribution in [0.5, 0.6) is 0 Å².